The molecule has 0 fully saturated rings. The van der Waals surface area contributed by atoms with E-state index in [0.29, 0.717) is 63.0 Å². The number of carbonyl (C=O) groups is 1. The second-order valence-electron chi connectivity index (χ2n) is 20.3. The number of allylic oxidation sites excluding steroid dienone is 7. The molecule has 1 atom stereocenters. The maximum atomic E-state index is 14.6. The first-order valence-corrected chi connectivity index (χ1v) is 28.9. The molecule has 0 spiro atoms. The first-order valence-electron chi connectivity index (χ1n) is 24.9. The molecule has 1 amide bonds. The minimum atomic E-state index is -4.12. The van der Waals surface area contributed by atoms with E-state index in [2.05, 4.69) is 127 Å². The molecule has 2 heterocycles. The monoisotopic (exact) mass is 1040 g/mol. The van der Waals surface area contributed by atoms with Gasteiger partial charge in [0.15, 0.2) is 5.71 Å². The number of nitrogen functional groups attached to an aromatic ring is 1. The highest BCUT2D eigenvalue weighted by atomic mass is 32.2. The van der Waals surface area contributed by atoms with Gasteiger partial charge in [-0.15, -0.1) is 0 Å². The van der Waals surface area contributed by atoms with Gasteiger partial charge in [0.2, 0.25) is 11.6 Å². The molecule has 5 N–H and O–H groups in total. The van der Waals surface area contributed by atoms with Crippen molar-refractivity contribution in [1.29, 1.82) is 0 Å². The lowest BCUT2D eigenvalue weighted by molar-refractivity contribution is -0.438. The van der Waals surface area contributed by atoms with Crippen molar-refractivity contribution in [2.75, 3.05) is 40.5 Å². The third-order valence-corrected chi connectivity index (χ3v) is 17.3. The van der Waals surface area contributed by atoms with Crippen molar-refractivity contribution in [2.45, 2.75) is 81.9 Å². The highest BCUT2D eigenvalue weighted by molar-refractivity contribution is 8.03. The van der Waals surface area contributed by atoms with Crippen LogP contribution in [0, 0.1) is 5.92 Å². The molecule has 14 heteroatoms. The standard InChI is InChI=1S/C59H62N4O7S3/c1-58(2)52(62(34-12-14-36-72(65,66)67)50-30-22-40-16-8-10-20-48(40)54(50)58)32-24-42-38-44(57(64)61-46-18-6-5-7-19-46)39-43(56(42)71-47-28-26-45(60)27-29-47)25-33-53-59(3,4)55-49-21-11-9-17-41(49)23-31-51(55)63(53)35-13-15-37-73(68,69)70/h5-11,16-33,44H,12-15,34-39,60H2,1-4H3,(H2-,61,64,65,66,67,68,69,70)/p+1. The maximum absolute atomic E-state index is 14.6. The normalized spacial score (nSPS) is 18.7. The Hall–Kier alpha value is -6.29. The molecule has 73 heavy (non-hydrogen) atoms. The number of hydrogen-bond donors (Lipinski definition) is 4. The Morgan fingerprint density at radius 2 is 1.33 bits per heavy atom. The Bertz CT molecular complexity index is 3510. The van der Waals surface area contributed by atoms with Crippen LogP contribution in [0.3, 0.4) is 0 Å². The van der Waals surface area contributed by atoms with Gasteiger partial charge in [-0.1, -0.05) is 111 Å². The summed E-state index contributed by atoms with van der Waals surface area (Å²) >= 11 is 1.64. The van der Waals surface area contributed by atoms with Crippen LogP contribution in [0.1, 0.15) is 77.3 Å². The highest BCUT2D eigenvalue weighted by Crippen LogP contribution is 2.52. The van der Waals surface area contributed by atoms with Crippen LogP contribution >= 0.6 is 11.8 Å². The zero-order valence-electron chi connectivity index (χ0n) is 41.7. The number of thioether (sulfide) groups is 1. The van der Waals surface area contributed by atoms with E-state index in [0.717, 1.165) is 65.3 Å². The Labute approximate surface area is 433 Å². The largest absolute Gasteiger partial charge is 0.399 e. The summed E-state index contributed by atoms with van der Waals surface area (Å²) in [6.07, 6.45) is 11.2. The molecule has 0 radical (unpaired) electrons. The fourth-order valence-electron chi connectivity index (χ4n) is 11.0. The number of amides is 1. The number of unbranched alkanes of at least 4 members (excludes halogenated alkanes) is 2. The number of fused-ring (bicyclic) bond motifs is 6. The molecule has 1 unspecified atom stereocenters. The van der Waals surface area contributed by atoms with Gasteiger partial charge in [0, 0.05) is 74.6 Å². The molecular formula is C59H63N4O7S3+. The molecule has 378 valence electrons. The van der Waals surface area contributed by atoms with Gasteiger partial charge >= 0.3 is 0 Å². The smallest absolute Gasteiger partial charge is 0.264 e. The van der Waals surface area contributed by atoms with E-state index < -0.39 is 37.0 Å². The zero-order chi connectivity index (χ0) is 51.7. The Morgan fingerprint density at radius 3 is 2.00 bits per heavy atom. The first kappa shape index (κ1) is 51.6. The van der Waals surface area contributed by atoms with E-state index in [1.54, 1.807) is 11.8 Å². The molecule has 9 rings (SSSR count). The van der Waals surface area contributed by atoms with Crippen LogP contribution in [0.25, 0.3) is 21.5 Å². The van der Waals surface area contributed by atoms with Crippen LogP contribution in [-0.2, 0) is 35.9 Å². The van der Waals surface area contributed by atoms with Gasteiger partial charge in [-0.25, -0.2) is 0 Å². The van der Waals surface area contributed by atoms with Gasteiger partial charge in [-0.3, -0.25) is 13.9 Å². The summed E-state index contributed by atoms with van der Waals surface area (Å²) in [4.78, 5) is 18.9. The number of nitrogens with zero attached hydrogens (tertiary/aromatic N) is 2. The van der Waals surface area contributed by atoms with E-state index in [9.17, 15) is 30.7 Å². The number of carbonyl (C=O) groups excluding carboxylic acids is 1. The molecule has 6 aromatic carbocycles. The van der Waals surface area contributed by atoms with Gasteiger partial charge < -0.3 is 16.0 Å². The molecule has 0 saturated carbocycles. The molecule has 0 saturated heterocycles. The maximum Gasteiger partial charge on any atom is 0.264 e. The van der Waals surface area contributed by atoms with Crippen molar-refractivity contribution in [3.63, 3.8) is 0 Å². The van der Waals surface area contributed by atoms with Gasteiger partial charge in [-0.05, 0) is 139 Å². The average molecular weight is 1040 g/mol. The number of nitrogens with one attached hydrogen (secondary N) is 1. The Kier molecular flexibility index (Phi) is 14.8. The van der Waals surface area contributed by atoms with E-state index in [4.69, 9.17) is 5.73 Å². The van der Waals surface area contributed by atoms with Crippen molar-refractivity contribution >= 4 is 87.9 Å². The topological polar surface area (TPSA) is 170 Å². The molecule has 0 aromatic heterocycles. The number of anilines is 3. The predicted molar refractivity (Wildman–Crippen MR) is 299 cm³/mol. The second-order valence-corrected chi connectivity index (χ2v) is 24.6. The molecule has 3 aliphatic rings. The zero-order valence-corrected chi connectivity index (χ0v) is 44.2. The second kappa shape index (κ2) is 20.9. The van der Waals surface area contributed by atoms with Crippen molar-refractivity contribution in [1.82, 2.24) is 0 Å². The third kappa shape index (κ3) is 11.3. The molecular weight excluding hydrogens is 973 g/mol. The summed E-state index contributed by atoms with van der Waals surface area (Å²) in [7, 11) is -8.25. The Morgan fingerprint density at radius 1 is 0.712 bits per heavy atom. The molecule has 11 nitrogen and oxygen atoms in total. The lowest BCUT2D eigenvalue weighted by Gasteiger charge is -2.29. The SMILES string of the molecule is CC1(C)C(/C=C/C2=C(Sc3ccc(N)cc3)C(=C/C=C3/N(CCCCS(=O)(=O)O)c4ccc5ccccc5c4C3(C)C)/CC(C(=O)Nc3ccccc3)C2)=[N+](CCCCS(=O)(=O)O)c2ccc3ccccc3c21. The van der Waals surface area contributed by atoms with E-state index in [1.165, 1.54) is 11.1 Å². The molecule has 2 aliphatic heterocycles. The average Bonchev–Trinajstić information content (AvgIpc) is 3.71. The number of rotatable bonds is 17. The highest BCUT2D eigenvalue weighted by Gasteiger charge is 2.46. The van der Waals surface area contributed by atoms with Gasteiger partial charge in [0.1, 0.15) is 6.54 Å². The summed E-state index contributed by atoms with van der Waals surface area (Å²) in [5.41, 5.74) is 15.1. The summed E-state index contributed by atoms with van der Waals surface area (Å²) in [5.74, 6) is -1.18. The van der Waals surface area contributed by atoms with E-state index >= 15 is 0 Å². The van der Waals surface area contributed by atoms with Gasteiger partial charge in [0.05, 0.1) is 16.9 Å². The van der Waals surface area contributed by atoms with Crippen LogP contribution in [0.2, 0.25) is 0 Å². The quantitative estimate of drug-likeness (QED) is 0.0298. The third-order valence-electron chi connectivity index (χ3n) is 14.5. The molecule has 1 aliphatic carbocycles. The van der Waals surface area contributed by atoms with Crippen LogP contribution in [0.15, 0.2) is 178 Å². The summed E-state index contributed by atoms with van der Waals surface area (Å²) in [6, 6.07) is 42.6. The lowest BCUT2D eigenvalue weighted by atomic mass is 9.78. The van der Waals surface area contributed by atoms with E-state index in [1.807, 2.05) is 66.7 Å². The number of hydrogen-bond acceptors (Lipinski definition) is 8. The number of nitrogens with two attached hydrogens (primary N) is 1. The van der Waals surface area contributed by atoms with Crippen molar-refractivity contribution in [3.8, 4) is 0 Å². The fourth-order valence-corrected chi connectivity index (χ4v) is 13.2. The Balaban J connectivity index is 1.21. The minimum absolute atomic E-state index is 0.0964. The predicted octanol–water partition coefficient (Wildman–Crippen LogP) is 12.5. The van der Waals surface area contributed by atoms with Crippen molar-refractivity contribution in [2.24, 2.45) is 5.92 Å². The van der Waals surface area contributed by atoms with E-state index in [-0.39, 0.29) is 17.4 Å². The van der Waals surface area contributed by atoms with Crippen LogP contribution in [0.5, 0.6) is 0 Å². The van der Waals surface area contributed by atoms with Crippen LogP contribution in [0.4, 0.5) is 22.7 Å². The van der Waals surface area contributed by atoms with Gasteiger partial charge in [-0.2, -0.15) is 21.4 Å². The first-order chi connectivity index (χ1) is 34.8. The summed E-state index contributed by atoms with van der Waals surface area (Å²) < 4.78 is 68.7. The summed E-state index contributed by atoms with van der Waals surface area (Å²) in [6.45, 7) is 9.95. The number of benzene rings is 6. The lowest BCUT2D eigenvalue weighted by Crippen LogP contribution is -2.29. The van der Waals surface area contributed by atoms with Crippen molar-refractivity contribution in [3.05, 3.63) is 185 Å². The molecule has 6 aromatic rings. The minimum Gasteiger partial charge on any atom is -0.399 e. The van der Waals surface area contributed by atoms with Gasteiger partial charge in [0.25, 0.3) is 20.2 Å². The number of para-hydroxylation sites is 1. The fraction of sp³-hybridized carbons (Fsp3) is 0.288. The van der Waals surface area contributed by atoms with Crippen LogP contribution < -0.4 is 16.0 Å². The van der Waals surface area contributed by atoms with Crippen molar-refractivity contribution < 1.29 is 35.3 Å². The molecule has 0 bridgehead atoms. The van der Waals surface area contributed by atoms with Crippen LogP contribution in [-0.4, -0.2) is 66.7 Å². The summed E-state index contributed by atoms with van der Waals surface area (Å²) in [5, 5.41) is 7.73.